The van der Waals surface area contributed by atoms with Gasteiger partial charge in [-0.25, -0.2) is 0 Å². The first-order chi connectivity index (χ1) is 9.09. The fourth-order valence-corrected chi connectivity index (χ4v) is 1.67. The fraction of sp³-hybridized carbons (Fsp3) is 0.429. The molecule has 5 nitrogen and oxygen atoms in total. The minimum Gasteiger partial charge on any atom is -0.356 e. The predicted molar refractivity (Wildman–Crippen MR) is 81.5 cm³/mol. The van der Waals surface area contributed by atoms with Gasteiger partial charge in [0.15, 0.2) is 0 Å². The van der Waals surface area contributed by atoms with Crippen LogP contribution >= 0.6 is 12.4 Å². The van der Waals surface area contributed by atoms with Gasteiger partial charge < -0.3 is 16.4 Å². The lowest BCUT2D eigenvalue weighted by molar-refractivity contribution is -0.121. The molecule has 0 fully saturated rings. The minimum absolute atomic E-state index is 0. The molecule has 0 aliphatic carbocycles. The van der Waals surface area contributed by atoms with Crippen molar-refractivity contribution in [2.24, 2.45) is 5.73 Å². The van der Waals surface area contributed by atoms with Crippen LogP contribution in [0, 0.1) is 0 Å². The Morgan fingerprint density at radius 1 is 1.15 bits per heavy atom. The lowest BCUT2D eigenvalue weighted by atomic mass is 10.0. The summed E-state index contributed by atoms with van der Waals surface area (Å²) in [6, 6.07) is 9.26. The van der Waals surface area contributed by atoms with E-state index in [1.54, 1.807) is 0 Å². The first kappa shape index (κ1) is 18.4. The van der Waals surface area contributed by atoms with Gasteiger partial charge >= 0.3 is 0 Å². The summed E-state index contributed by atoms with van der Waals surface area (Å²) in [5.74, 6) is -0.128. The van der Waals surface area contributed by atoms with Crippen molar-refractivity contribution in [2.75, 3.05) is 13.1 Å². The van der Waals surface area contributed by atoms with E-state index in [-0.39, 0.29) is 36.7 Å². The third-order valence-electron chi connectivity index (χ3n) is 2.68. The Labute approximate surface area is 125 Å². The number of carbonyl (C=O) groups is 2. The maximum atomic E-state index is 11.6. The fourth-order valence-electron chi connectivity index (χ4n) is 1.67. The number of hydrogen-bond acceptors (Lipinski definition) is 3. The molecule has 1 aromatic rings. The first-order valence-electron chi connectivity index (χ1n) is 6.41. The van der Waals surface area contributed by atoms with E-state index in [4.69, 9.17) is 5.73 Å². The zero-order chi connectivity index (χ0) is 14.1. The van der Waals surface area contributed by atoms with Crippen LogP contribution < -0.4 is 16.4 Å². The summed E-state index contributed by atoms with van der Waals surface area (Å²) in [5.41, 5.74) is 6.90. The lowest BCUT2D eigenvalue weighted by Crippen LogP contribution is -2.30. The third-order valence-corrected chi connectivity index (χ3v) is 2.68. The topological polar surface area (TPSA) is 84.2 Å². The van der Waals surface area contributed by atoms with Gasteiger partial charge in [0.2, 0.25) is 11.8 Å². The third kappa shape index (κ3) is 7.76. The maximum Gasteiger partial charge on any atom is 0.221 e. The molecule has 1 aromatic carbocycles. The molecule has 2 amide bonds. The van der Waals surface area contributed by atoms with Crippen LogP contribution in [0.1, 0.15) is 31.4 Å². The van der Waals surface area contributed by atoms with E-state index in [0.29, 0.717) is 19.5 Å². The van der Waals surface area contributed by atoms with Gasteiger partial charge in [-0.05, 0) is 12.0 Å². The Hall–Kier alpha value is -1.59. The Kier molecular flexibility index (Phi) is 9.41. The molecule has 0 aliphatic heterocycles. The molecule has 20 heavy (non-hydrogen) atoms. The molecule has 4 N–H and O–H groups in total. The predicted octanol–water partition coefficient (Wildman–Crippen LogP) is 1.14. The number of carbonyl (C=O) groups excluding carboxylic acids is 2. The summed E-state index contributed by atoms with van der Waals surface area (Å²) >= 11 is 0. The van der Waals surface area contributed by atoms with Crippen molar-refractivity contribution < 1.29 is 9.59 Å². The van der Waals surface area contributed by atoms with Crippen LogP contribution in [0.25, 0.3) is 0 Å². The number of amides is 2. The van der Waals surface area contributed by atoms with Gasteiger partial charge in [0, 0.05) is 32.5 Å². The number of nitrogens with one attached hydrogen (secondary N) is 2. The van der Waals surface area contributed by atoms with Crippen LogP contribution in [0.5, 0.6) is 0 Å². The first-order valence-corrected chi connectivity index (χ1v) is 6.41. The zero-order valence-corrected chi connectivity index (χ0v) is 12.4. The van der Waals surface area contributed by atoms with E-state index < -0.39 is 0 Å². The molecular formula is C14H22ClN3O2. The molecule has 1 unspecified atom stereocenters. The van der Waals surface area contributed by atoms with Crippen LogP contribution in [0.2, 0.25) is 0 Å². The molecule has 0 heterocycles. The highest BCUT2D eigenvalue weighted by Gasteiger charge is 2.10. The van der Waals surface area contributed by atoms with E-state index in [1.165, 1.54) is 6.92 Å². The molecule has 1 rings (SSSR count). The monoisotopic (exact) mass is 299 g/mol. The summed E-state index contributed by atoms with van der Waals surface area (Å²) in [4.78, 5) is 22.3. The zero-order valence-electron chi connectivity index (χ0n) is 11.6. The van der Waals surface area contributed by atoms with Crippen LogP contribution in [-0.2, 0) is 9.59 Å². The van der Waals surface area contributed by atoms with Crippen LogP contribution in [-0.4, -0.2) is 24.9 Å². The second kappa shape index (κ2) is 10.2. The van der Waals surface area contributed by atoms with Crippen LogP contribution in [0.4, 0.5) is 0 Å². The highest BCUT2D eigenvalue weighted by molar-refractivity contribution is 5.85. The Bertz CT molecular complexity index is 412. The molecule has 0 aliphatic rings. The standard InChI is InChI=1S/C14H21N3O2.ClH/c1-11(18)16-8-5-9-17-14(19)10-13(15)12-6-3-2-4-7-12;/h2-4,6-7,13H,5,8-10,15H2,1H3,(H,16,18)(H,17,19);1H. The number of hydrogen-bond donors (Lipinski definition) is 3. The summed E-state index contributed by atoms with van der Waals surface area (Å²) in [7, 11) is 0. The van der Waals surface area contributed by atoms with Crippen molar-refractivity contribution in [1.29, 1.82) is 0 Å². The van der Waals surface area contributed by atoms with Crippen LogP contribution in [0.15, 0.2) is 30.3 Å². The summed E-state index contributed by atoms with van der Waals surface area (Å²) < 4.78 is 0. The molecular weight excluding hydrogens is 278 g/mol. The summed E-state index contributed by atoms with van der Waals surface area (Å²) in [5, 5.41) is 5.46. The molecule has 0 radical (unpaired) electrons. The normalized spacial score (nSPS) is 11.1. The molecule has 0 aromatic heterocycles. The van der Waals surface area contributed by atoms with E-state index >= 15 is 0 Å². The molecule has 1 atom stereocenters. The number of benzene rings is 1. The van der Waals surface area contributed by atoms with E-state index in [1.807, 2.05) is 30.3 Å². The highest BCUT2D eigenvalue weighted by atomic mass is 35.5. The maximum absolute atomic E-state index is 11.6. The average Bonchev–Trinajstić information content (AvgIpc) is 2.39. The second-order valence-electron chi connectivity index (χ2n) is 4.41. The van der Waals surface area contributed by atoms with Crippen molar-refractivity contribution in [3.63, 3.8) is 0 Å². The molecule has 6 heteroatoms. The smallest absolute Gasteiger partial charge is 0.221 e. The van der Waals surface area contributed by atoms with Gasteiger partial charge in [-0.3, -0.25) is 9.59 Å². The molecule has 0 bridgehead atoms. The van der Waals surface area contributed by atoms with Gasteiger partial charge in [0.1, 0.15) is 0 Å². The van der Waals surface area contributed by atoms with Crippen LogP contribution in [0.3, 0.4) is 0 Å². The quantitative estimate of drug-likeness (QED) is 0.660. The summed E-state index contributed by atoms with van der Waals surface area (Å²) in [6.45, 7) is 2.58. The van der Waals surface area contributed by atoms with Gasteiger partial charge in [-0.2, -0.15) is 0 Å². The van der Waals surface area contributed by atoms with E-state index in [0.717, 1.165) is 5.56 Å². The minimum atomic E-state index is -0.281. The summed E-state index contributed by atoms with van der Waals surface area (Å²) in [6.07, 6.45) is 0.982. The van der Waals surface area contributed by atoms with Gasteiger partial charge in [0.05, 0.1) is 0 Å². The van der Waals surface area contributed by atoms with E-state index in [9.17, 15) is 9.59 Å². The number of rotatable bonds is 7. The average molecular weight is 300 g/mol. The van der Waals surface area contributed by atoms with Crippen molar-refractivity contribution in [3.8, 4) is 0 Å². The van der Waals surface area contributed by atoms with Crippen molar-refractivity contribution in [3.05, 3.63) is 35.9 Å². The molecule has 112 valence electrons. The number of nitrogens with two attached hydrogens (primary N) is 1. The number of halogens is 1. The lowest BCUT2D eigenvalue weighted by Gasteiger charge is -2.12. The van der Waals surface area contributed by atoms with Crippen molar-refractivity contribution in [1.82, 2.24) is 10.6 Å². The van der Waals surface area contributed by atoms with E-state index in [2.05, 4.69) is 10.6 Å². The largest absolute Gasteiger partial charge is 0.356 e. The SMILES string of the molecule is CC(=O)NCCCNC(=O)CC(N)c1ccccc1.Cl. The Morgan fingerprint density at radius 3 is 2.35 bits per heavy atom. The van der Waals surface area contributed by atoms with Gasteiger partial charge in [0.25, 0.3) is 0 Å². The van der Waals surface area contributed by atoms with Crippen molar-refractivity contribution >= 4 is 24.2 Å². The van der Waals surface area contributed by atoms with Crippen molar-refractivity contribution in [2.45, 2.75) is 25.8 Å². The Morgan fingerprint density at radius 2 is 1.75 bits per heavy atom. The van der Waals surface area contributed by atoms with Gasteiger partial charge in [-0.1, -0.05) is 30.3 Å². The van der Waals surface area contributed by atoms with Gasteiger partial charge in [-0.15, -0.1) is 12.4 Å². The Balaban J connectivity index is 0.00000361. The second-order valence-corrected chi connectivity index (χ2v) is 4.41. The molecule has 0 saturated heterocycles. The molecule has 0 spiro atoms. The highest BCUT2D eigenvalue weighted by Crippen LogP contribution is 2.12. The molecule has 0 saturated carbocycles.